The van der Waals surface area contributed by atoms with Crippen molar-refractivity contribution in [1.82, 2.24) is 4.90 Å². The van der Waals surface area contributed by atoms with Crippen LogP contribution in [0.25, 0.3) is 0 Å². The normalized spacial score (nSPS) is 14.6. The van der Waals surface area contributed by atoms with Crippen molar-refractivity contribution in [3.8, 4) is 0 Å². The van der Waals surface area contributed by atoms with Gasteiger partial charge in [0.1, 0.15) is 6.23 Å². The minimum atomic E-state index is -1.01. The number of nitrogens with zero attached hydrogens (tertiary/aromatic N) is 1. The van der Waals surface area contributed by atoms with Crippen molar-refractivity contribution in [3.63, 3.8) is 0 Å². The largest absolute Gasteiger partial charge is 0.332 e. The van der Waals surface area contributed by atoms with E-state index in [1.165, 1.54) is 12.5 Å². The molecule has 0 heterocycles. The molecule has 3 heteroatoms. The molecule has 1 aromatic carbocycles. The van der Waals surface area contributed by atoms with Gasteiger partial charge < -0.3 is 4.74 Å². The van der Waals surface area contributed by atoms with Gasteiger partial charge in [0.25, 0.3) is 0 Å². The number of hydrogen-bond acceptors (Lipinski definition) is 2. The molecule has 0 aromatic heterocycles. The van der Waals surface area contributed by atoms with E-state index in [2.05, 4.69) is 23.6 Å². The molecule has 0 aliphatic rings. The zero-order chi connectivity index (χ0) is 12.7. The van der Waals surface area contributed by atoms with E-state index in [1.807, 2.05) is 31.2 Å². The van der Waals surface area contributed by atoms with Crippen LogP contribution in [0.4, 0.5) is 0 Å². The molecule has 0 aliphatic carbocycles. The van der Waals surface area contributed by atoms with Gasteiger partial charge in [0.15, 0.2) is 6.29 Å². The Balaban J connectivity index is 2.62. The Bertz CT molecular complexity index is 324. The minimum Gasteiger partial charge on any atom is -0.332 e. The highest BCUT2D eigenvalue weighted by Crippen LogP contribution is 2.10. The lowest BCUT2D eigenvalue weighted by atomic mass is 10.2. The molecule has 2 unspecified atom stereocenters. The molecule has 2 atom stereocenters. The van der Waals surface area contributed by atoms with Crippen LogP contribution in [0.5, 0.6) is 0 Å². The van der Waals surface area contributed by atoms with Crippen LogP contribution in [-0.2, 0) is 16.4 Å². The van der Waals surface area contributed by atoms with Crippen molar-refractivity contribution < 1.29 is 9.84 Å². The first-order valence-electron chi connectivity index (χ1n) is 5.83. The number of hydrogen-bond donors (Lipinski definition) is 0. The molecular formula is C14H20NO2. The fourth-order valence-electron chi connectivity index (χ4n) is 1.69. The highest BCUT2D eigenvalue weighted by atomic mass is 16.6. The molecule has 0 saturated heterocycles. The van der Waals surface area contributed by atoms with Crippen LogP contribution < -0.4 is 0 Å². The van der Waals surface area contributed by atoms with E-state index in [-0.39, 0.29) is 6.23 Å². The molecule has 0 amide bonds. The Morgan fingerprint density at radius 2 is 2.00 bits per heavy atom. The zero-order valence-corrected chi connectivity index (χ0v) is 10.5. The van der Waals surface area contributed by atoms with Gasteiger partial charge in [-0.15, -0.1) is 6.58 Å². The van der Waals surface area contributed by atoms with Gasteiger partial charge in [-0.05, 0) is 19.4 Å². The summed E-state index contributed by atoms with van der Waals surface area (Å²) in [6.45, 7) is 8.57. The monoisotopic (exact) mass is 234 g/mol. The summed E-state index contributed by atoms with van der Waals surface area (Å²) >= 11 is 0. The quantitative estimate of drug-likeness (QED) is 0.537. The van der Waals surface area contributed by atoms with Crippen molar-refractivity contribution in [3.05, 3.63) is 48.6 Å². The van der Waals surface area contributed by atoms with Gasteiger partial charge in [-0.3, -0.25) is 4.90 Å². The average molecular weight is 234 g/mol. The van der Waals surface area contributed by atoms with E-state index in [0.29, 0.717) is 6.54 Å². The standard InChI is InChI=1S/C14H20NO2/c1-4-10-15(12(2)17-13(3)16)11-14-8-6-5-7-9-14/h4-9,12-13H,1,10-11H2,2-3H3. The predicted octanol–water partition coefficient (Wildman–Crippen LogP) is 2.81. The Labute approximate surface area is 103 Å². The third kappa shape index (κ3) is 5.13. The van der Waals surface area contributed by atoms with Gasteiger partial charge in [0.05, 0.1) is 0 Å². The second-order valence-corrected chi connectivity index (χ2v) is 4.01. The molecule has 0 fully saturated rings. The number of rotatable bonds is 7. The van der Waals surface area contributed by atoms with Crippen LogP contribution in [0.2, 0.25) is 0 Å². The van der Waals surface area contributed by atoms with Gasteiger partial charge in [-0.25, -0.2) is 5.11 Å². The first-order chi connectivity index (χ1) is 8.13. The van der Waals surface area contributed by atoms with Gasteiger partial charge >= 0.3 is 0 Å². The smallest absolute Gasteiger partial charge is 0.190 e. The van der Waals surface area contributed by atoms with Crippen LogP contribution in [0, 0.1) is 0 Å². The van der Waals surface area contributed by atoms with E-state index in [0.717, 1.165) is 6.54 Å². The second kappa shape index (κ2) is 7.22. The highest BCUT2D eigenvalue weighted by Gasteiger charge is 2.15. The van der Waals surface area contributed by atoms with E-state index < -0.39 is 6.29 Å². The Hall–Kier alpha value is -1.16. The maximum absolute atomic E-state index is 11.0. The van der Waals surface area contributed by atoms with Gasteiger partial charge in [0, 0.05) is 13.1 Å². The molecule has 1 rings (SSSR count). The zero-order valence-electron chi connectivity index (χ0n) is 10.5. The summed E-state index contributed by atoms with van der Waals surface area (Å²) in [7, 11) is 0. The molecule has 0 N–H and O–H groups in total. The second-order valence-electron chi connectivity index (χ2n) is 4.01. The van der Waals surface area contributed by atoms with Crippen LogP contribution in [-0.4, -0.2) is 24.0 Å². The Kier molecular flexibility index (Phi) is 5.91. The van der Waals surface area contributed by atoms with Crippen molar-refractivity contribution in [1.29, 1.82) is 0 Å². The number of benzene rings is 1. The molecule has 3 nitrogen and oxygen atoms in total. The first kappa shape index (κ1) is 13.9. The molecule has 0 spiro atoms. The summed E-state index contributed by atoms with van der Waals surface area (Å²) in [5, 5.41) is 11.0. The maximum atomic E-state index is 11.0. The lowest BCUT2D eigenvalue weighted by molar-refractivity contribution is -0.192. The molecule has 17 heavy (non-hydrogen) atoms. The van der Waals surface area contributed by atoms with E-state index >= 15 is 0 Å². The summed E-state index contributed by atoms with van der Waals surface area (Å²) in [5.41, 5.74) is 1.20. The fraction of sp³-hybridized carbons (Fsp3) is 0.429. The molecule has 0 aliphatic heterocycles. The highest BCUT2D eigenvalue weighted by molar-refractivity contribution is 5.14. The average Bonchev–Trinajstić information content (AvgIpc) is 2.29. The molecule has 1 radical (unpaired) electrons. The Morgan fingerprint density at radius 3 is 2.53 bits per heavy atom. The van der Waals surface area contributed by atoms with Crippen LogP contribution in [0.15, 0.2) is 43.0 Å². The third-order valence-corrected chi connectivity index (χ3v) is 2.49. The van der Waals surface area contributed by atoms with Gasteiger partial charge in [-0.1, -0.05) is 36.4 Å². The van der Waals surface area contributed by atoms with Crippen LogP contribution in [0.3, 0.4) is 0 Å². The van der Waals surface area contributed by atoms with Crippen LogP contribution >= 0.6 is 0 Å². The summed E-state index contributed by atoms with van der Waals surface area (Å²) in [4.78, 5) is 2.07. The number of ether oxygens (including phenoxy) is 1. The molecule has 1 aromatic rings. The van der Waals surface area contributed by atoms with Crippen LogP contribution in [0.1, 0.15) is 19.4 Å². The van der Waals surface area contributed by atoms with Gasteiger partial charge in [0.2, 0.25) is 0 Å². The van der Waals surface area contributed by atoms with E-state index in [9.17, 15) is 5.11 Å². The molecular weight excluding hydrogens is 214 g/mol. The summed E-state index contributed by atoms with van der Waals surface area (Å²) < 4.78 is 5.26. The lowest BCUT2D eigenvalue weighted by Gasteiger charge is -2.28. The summed E-state index contributed by atoms with van der Waals surface area (Å²) in [6.07, 6.45) is 0.604. The van der Waals surface area contributed by atoms with Crippen molar-refractivity contribution in [2.75, 3.05) is 6.54 Å². The van der Waals surface area contributed by atoms with Crippen molar-refractivity contribution in [2.24, 2.45) is 0 Å². The maximum Gasteiger partial charge on any atom is 0.190 e. The van der Waals surface area contributed by atoms with E-state index in [1.54, 1.807) is 0 Å². The van der Waals surface area contributed by atoms with Crippen molar-refractivity contribution in [2.45, 2.75) is 32.9 Å². The third-order valence-electron chi connectivity index (χ3n) is 2.49. The first-order valence-corrected chi connectivity index (χ1v) is 5.83. The Morgan fingerprint density at radius 1 is 1.35 bits per heavy atom. The molecule has 0 saturated carbocycles. The SMILES string of the molecule is C=CCN(Cc1ccccc1)C(C)OC(C)[O]. The van der Waals surface area contributed by atoms with Gasteiger partial charge in [-0.2, -0.15) is 0 Å². The topological polar surface area (TPSA) is 32.4 Å². The van der Waals surface area contributed by atoms with E-state index in [4.69, 9.17) is 4.74 Å². The fourth-order valence-corrected chi connectivity index (χ4v) is 1.69. The minimum absolute atomic E-state index is 0.208. The summed E-state index contributed by atoms with van der Waals surface area (Å²) in [6, 6.07) is 10.1. The van der Waals surface area contributed by atoms with Crippen molar-refractivity contribution >= 4 is 0 Å². The summed E-state index contributed by atoms with van der Waals surface area (Å²) in [5.74, 6) is 0. The lowest BCUT2D eigenvalue weighted by Crippen LogP contribution is -2.36. The molecule has 0 bridgehead atoms. The molecule has 93 valence electrons. The predicted molar refractivity (Wildman–Crippen MR) is 67.7 cm³/mol.